The van der Waals surface area contributed by atoms with Gasteiger partial charge in [-0.1, -0.05) is 5.16 Å². The lowest BCUT2D eigenvalue weighted by Gasteiger charge is -2.11. The molecule has 4 N–H and O–H groups in total. The minimum atomic E-state index is -1.26. The Balaban J connectivity index is 0.000000447. The van der Waals surface area contributed by atoms with Crippen molar-refractivity contribution in [3.05, 3.63) is 54.1 Å². The first-order chi connectivity index (χ1) is 13.9. The number of benzene rings is 1. The van der Waals surface area contributed by atoms with Gasteiger partial charge in [-0.3, -0.25) is 0 Å². The number of H-pyrrole nitrogens is 1. The highest BCUT2D eigenvalue weighted by atomic mass is 16.5. The molecule has 1 aromatic heterocycles. The van der Waals surface area contributed by atoms with Crippen LogP contribution in [0.4, 0.5) is 0 Å². The van der Waals surface area contributed by atoms with Crippen LogP contribution in [0, 0.1) is 0 Å². The SMILES string of the molecule is COc1cc(OCCCc2cnc[nH]2)ccc1/C(C)=N/O.O=C(O)/C=C\C(=O)O. The maximum atomic E-state index is 9.55. The molecule has 0 amide bonds. The zero-order valence-electron chi connectivity index (χ0n) is 16.0. The zero-order valence-corrected chi connectivity index (χ0v) is 16.0. The number of carboxylic acid groups (broad SMARTS) is 2. The van der Waals surface area contributed by atoms with Crippen molar-refractivity contribution in [3.8, 4) is 11.5 Å². The molecular formula is C19H23N3O7. The smallest absolute Gasteiger partial charge is 0.328 e. The van der Waals surface area contributed by atoms with Crippen LogP contribution < -0.4 is 9.47 Å². The van der Waals surface area contributed by atoms with Crippen molar-refractivity contribution < 1.29 is 34.5 Å². The third kappa shape index (κ3) is 9.09. The summed E-state index contributed by atoms with van der Waals surface area (Å²) >= 11 is 0. The molecule has 0 spiro atoms. The number of aliphatic carboxylic acids is 2. The second-order valence-corrected chi connectivity index (χ2v) is 5.59. The number of nitrogens with zero attached hydrogens (tertiary/aromatic N) is 2. The van der Waals surface area contributed by atoms with Crippen molar-refractivity contribution in [2.75, 3.05) is 13.7 Å². The predicted octanol–water partition coefficient (Wildman–Crippen LogP) is 2.34. The Morgan fingerprint density at radius 3 is 2.45 bits per heavy atom. The molecule has 1 aromatic carbocycles. The highest BCUT2D eigenvalue weighted by Gasteiger charge is 2.08. The van der Waals surface area contributed by atoms with Crippen LogP contribution in [-0.2, 0) is 16.0 Å². The number of hydrogen-bond donors (Lipinski definition) is 4. The van der Waals surface area contributed by atoms with Gasteiger partial charge in [0.05, 0.1) is 25.8 Å². The summed E-state index contributed by atoms with van der Waals surface area (Å²) in [6, 6.07) is 5.45. The number of methoxy groups -OCH3 is 1. The van der Waals surface area contributed by atoms with Crippen LogP contribution in [-0.4, -0.2) is 56.8 Å². The normalized spacial score (nSPS) is 10.9. The summed E-state index contributed by atoms with van der Waals surface area (Å²) in [5, 5.41) is 27.6. The van der Waals surface area contributed by atoms with Gasteiger partial charge in [0.2, 0.25) is 0 Å². The van der Waals surface area contributed by atoms with E-state index >= 15 is 0 Å². The summed E-state index contributed by atoms with van der Waals surface area (Å²) in [7, 11) is 1.57. The molecular weight excluding hydrogens is 382 g/mol. The summed E-state index contributed by atoms with van der Waals surface area (Å²) < 4.78 is 11.0. The first kappa shape index (κ1) is 23.2. The van der Waals surface area contributed by atoms with Crippen molar-refractivity contribution >= 4 is 17.7 Å². The van der Waals surface area contributed by atoms with Crippen LogP contribution in [0.2, 0.25) is 0 Å². The molecule has 29 heavy (non-hydrogen) atoms. The molecule has 0 aliphatic heterocycles. The summed E-state index contributed by atoms with van der Waals surface area (Å²) in [5.41, 5.74) is 2.34. The largest absolute Gasteiger partial charge is 0.496 e. The number of nitrogens with one attached hydrogen (secondary N) is 1. The number of aromatic nitrogens is 2. The van der Waals surface area contributed by atoms with Gasteiger partial charge in [0.15, 0.2) is 0 Å². The van der Waals surface area contributed by atoms with Gasteiger partial charge in [0, 0.05) is 35.7 Å². The predicted molar refractivity (Wildman–Crippen MR) is 104 cm³/mol. The Labute approximate surface area is 167 Å². The van der Waals surface area contributed by atoms with Gasteiger partial charge < -0.3 is 29.9 Å². The third-order valence-corrected chi connectivity index (χ3v) is 3.50. The fraction of sp³-hybridized carbons (Fsp3) is 0.263. The number of rotatable bonds is 9. The van der Waals surface area contributed by atoms with Crippen LogP contribution in [0.25, 0.3) is 0 Å². The van der Waals surface area contributed by atoms with E-state index in [2.05, 4.69) is 15.1 Å². The molecule has 156 valence electrons. The van der Waals surface area contributed by atoms with E-state index < -0.39 is 11.9 Å². The van der Waals surface area contributed by atoms with Gasteiger partial charge in [-0.15, -0.1) is 0 Å². The van der Waals surface area contributed by atoms with Crippen LogP contribution in [0.1, 0.15) is 24.6 Å². The molecule has 0 fully saturated rings. The van der Waals surface area contributed by atoms with E-state index in [0.29, 0.717) is 30.2 Å². The van der Waals surface area contributed by atoms with Crippen molar-refractivity contribution in [2.45, 2.75) is 19.8 Å². The number of carbonyl (C=O) groups is 2. The molecule has 0 unspecified atom stereocenters. The molecule has 0 saturated carbocycles. The standard InChI is InChI=1S/C15H19N3O3.C4H4O4/c1-11(18-19)14-6-5-13(8-15(14)20-2)21-7-3-4-12-9-16-10-17-12;5-3(6)1-2-4(7)8/h5-6,8-10,19H,3-4,7H2,1-2H3,(H,16,17);1-2H,(H,5,6)(H,7,8)/b18-11+;2-1-. The van der Waals surface area contributed by atoms with E-state index in [1.54, 1.807) is 26.4 Å². The van der Waals surface area contributed by atoms with Gasteiger partial charge in [0.1, 0.15) is 11.5 Å². The van der Waals surface area contributed by atoms with Crippen molar-refractivity contribution in [2.24, 2.45) is 5.16 Å². The van der Waals surface area contributed by atoms with Crippen LogP contribution in [0.3, 0.4) is 0 Å². The summed E-state index contributed by atoms with van der Waals surface area (Å²) in [4.78, 5) is 26.1. The molecule has 2 rings (SSSR count). The Hall–Kier alpha value is -3.82. The molecule has 0 aliphatic carbocycles. The van der Waals surface area contributed by atoms with E-state index in [9.17, 15) is 9.59 Å². The van der Waals surface area contributed by atoms with E-state index in [0.717, 1.165) is 29.8 Å². The average molecular weight is 405 g/mol. The van der Waals surface area contributed by atoms with Gasteiger partial charge in [-0.2, -0.15) is 0 Å². The Kier molecular flexibility index (Phi) is 10.0. The number of imidazole rings is 1. The van der Waals surface area contributed by atoms with Gasteiger partial charge >= 0.3 is 11.9 Å². The molecule has 0 atom stereocenters. The molecule has 0 aliphatic rings. The molecule has 10 nitrogen and oxygen atoms in total. The first-order valence-corrected chi connectivity index (χ1v) is 8.48. The molecule has 0 radical (unpaired) electrons. The highest BCUT2D eigenvalue weighted by molar-refractivity contribution is 6.00. The summed E-state index contributed by atoms with van der Waals surface area (Å²) in [6.07, 6.45) is 6.39. The Morgan fingerprint density at radius 1 is 1.24 bits per heavy atom. The molecule has 0 bridgehead atoms. The summed E-state index contributed by atoms with van der Waals surface area (Å²) in [6.45, 7) is 2.32. The number of aromatic amines is 1. The van der Waals surface area contributed by atoms with Crippen LogP contribution in [0.5, 0.6) is 11.5 Å². The van der Waals surface area contributed by atoms with E-state index in [1.165, 1.54) is 0 Å². The number of carboxylic acids is 2. The zero-order chi connectivity index (χ0) is 21.6. The van der Waals surface area contributed by atoms with Crippen LogP contribution >= 0.6 is 0 Å². The minimum absolute atomic E-state index is 0.498. The second-order valence-electron chi connectivity index (χ2n) is 5.59. The topological polar surface area (TPSA) is 154 Å². The van der Waals surface area contributed by atoms with Gasteiger partial charge in [-0.25, -0.2) is 14.6 Å². The fourth-order valence-corrected chi connectivity index (χ4v) is 2.13. The van der Waals surface area contributed by atoms with Crippen molar-refractivity contribution in [1.82, 2.24) is 9.97 Å². The van der Waals surface area contributed by atoms with Gasteiger partial charge in [0.25, 0.3) is 0 Å². The fourth-order valence-electron chi connectivity index (χ4n) is 2.13. The van der Waals surface area contributed by atoms with E-state index in [4.69, 9.17) is 24.9 Å². The van der Waals surface area contributed by atoms with Gasteiger partial charge in [-0.05, 0) is 31.9 Å². The Morgan fingerprint density at radius 2 is 1.93 bits per heavy atom. The third-order valence-electron chi connectivity index (χ3n) is 3.50. The highest BCUT2D eigenvalue weighted by Crippen LogP contribution is 2.25. The molecule has 1 heterocycles. The van der Waals surface area contributed by atoms with Crippen LogP contribution in [0.15, 0.2) is 48.0 Å². The van der Waals surface area contributed by atoms with Crippen molar-refractivity contribution in [1.29, 1.82) is 0 Å². The number of ether oxygens (including phenoxy) is 2. The molecule has 0 saturated heterocycles. The second kappa shape index (κ2) is 12.5. The van der Waals surface area contributed by atoms with E-state index in [-0.39, 0.29) is 0 Å². The molecule has 10 heteroatoms. The van der Waals surface area contributed by atoms with Crippen molar-refractivity contribution in [3.63, 3.8) is 0 Å². The lowest BCUT2D eigenvalue weighted by atomic mass is 10.1. The molecule has 2 aromatic rings. The quantitative estimate of drug-likeness (QED) is 0.163. The average Bonchev–Trinajstić information content (AvgIpc) is 3.23. The Bertz CT molecular complexity index is 829. The maximum absolute atomic E-state index is 9.55. The lowest BCUT2D eigenvalue weighted by Crippen LogP contribution is -2.02. The summed E-state index contributed by atoms with van der Waals surface area (Å²) in [5.74, 6) is -1.16. The maximum Gasteiger partial charge on any atom is 0.328 e. The number of hydrogen-bond acceptors (Lipinski definition) is 7. The monoisotopic (exact) mass is 405 g/mol. The number of oxime groups is 1. The van der Waals surface area contributed by atoms with E-state index in [1.807, 2.05) is 18.3 Å². The first-order valence-electron chi connectivity index (χ1n) is 8.48. The lowest BCUT2D eigenvalue weighted by molar-refractivity contribution is -0.134. The minimum Gasteiger partial charge on any atom is -0.496 e. The number of aryl methyl sites for hydroxylation is 1.